The average Bonchev–Trinajstić information content (AvgIpc) is 2.31. The summed E-state index contributed by atoms with van der Waals surface area (Å²) in [6.07, 6.45) is 4.82. The third kappa shape index (κ3) is 20.4. The first-order valence-electron chi connectivity index (χ1n) is 7.87. The van der Waals surface area contributed by atoms with Crippen molar-refractivity contribution in [2.24, 2.45) is 11.8 Å². The highest BCUT2D eigenvalue weighted by Gasteiger charge is 2.20. The normalized spacial score (nSPS) is 11.7. The van der Waals surface area contributed by atoms with Gasteiger partial charge in [-0.3, -0.25) is 9.05 Å². The van der Waals surface area contributed by atoms with E-state index in [1.54, 1.807) is 0 Å². The monoisotopic (exact) mass is 310 g/mol. The maximum atomic E-state index is 11.4. The Kier molecular flexibility index (Phi) is 15.7. The number of rotatable bonds is 10. The summed E-state index contributed by atoms with van der Waals surface area (Å²) in [5.41, 5.74) is 0. The molecule has 0 aliphatic carbocycles. The van der Waals surface area contributed by atoms with Gasteiger partial charge in [0.15, 0.2) is 0 Å². The van der Waals surface area contributed by atoms with Crippen molar-refractivity contribution in [1.29, 1.82) is 0 Å². The van der Waals surface area contributed by atoms with Crippen molar-refractivity contribution < 1.29 is 18.5 Å². The Balaban J connectivity index is 0. The first kappa shape index (κ1) is 22.4. The molecule has 0 radical (unpaired) electrons. The number of hydrogen-bond donors (Lipinski definition) is 1. The van der Waals surface area contributed by atoms with Crippen LogP contribution in [0.4, 0.5) is 0 Å². The molecule has 0 heterocycles. The molecule has 0 spiro atoms. The van der Waals surface area contributed by atoms with Crippen LogP contribution in [0.5, 0.6) is 0 Å². The minimum Gasteiger partial charge on any atom is -0.302 e. The van der Waals surface area contributed by atoms with Gasteiger partial charge in [-0.25, -0.2) is 4.57 Å². The summed E-state index contributed by atoms with van der Waals surface area (Å²) >= 11 is 0. The van der Waals surface area contributed by atoms with Crippen molar-refractivity contribution in [3.63, 3.8) is 0 Å². The second-order valence-corrected chi connectivity index (χ2v) is 7.37. The summed E-state index contributed by atoms with van der Waals surface area (Å²) in [6.45, 7) is 13.3. The van der Waals surface area contributed by atoms with Gasteiger partial charge in [0.25, 0.3) is 0 Å². The van der Waals surface area contributed by atoms with Gasteiger partial charge in [0.05, 0.1) is 13.2 Å². The van der Waals surface area contributed by atoms with Gasteiger partial charge < -0.3 is 4.89 Å². The zero-order valence-electron chi connectivity index (χ0n) is 14.2. The van der Waals surface area contributed by atoms with Gasteiger partial charge in [-0.05, 0) is 37.5 Å². The highest BCUT2D eigenvalue weighted by Crippen LogP contribution is 2.43. The standard InChI is InChI=1S/C12H27O4P.C3H8/c1-11(2)7-5-9-15-17(13,14)16-10-6-8-12(3)4;1-3-2/h11-12H,5-10H2,1-4H3,(H,13,14);3H2,1-2H3. The van der Waals surface area contributed by atoms with Crippen LogP contribution >= 0.6 is 7.82 Å². The Morgan fingerprint density at radius 3 is 1.45 bits per heavy atom. The lowest BCUT2D eigenvalue weighted by Crippen LogP contribution is -2.01. The highest BCUT2D eigenvalue weighted by molar-refractivity contribution is 7.47. The zero-order valence-corrected chi connectivity index (χ0v) is 15.1. The van der Waals surface area contributed by atoms with Gasteiger partial charge >= 0.3 is 7.82 Å². The fourth-order valence-corrected chi connectivity index (χ4v) is 2.17. The van der Waals surface area contributed by atoms with Crippen LogP contribution in [0.1, 0.15) is 73.6 Å². The van der Waals surface area contributed by atoms with E-state index in [9.17, 15) is 9.46 Å². The van der Waals surface area contributed by atoms with Gasteiger partial charge in [-0.2, -0.15) is 0 Å². The topological polar surface area (TPSA) is 55.8 Å². The molecule has 20 heavy (non-hydrogen) atoms. The van der Waals surface area contributed by atoms with Crippen LogP contribution < -0.4 is 0 Å². The van der Waals surface area contributed by atoms with Crippen molar-refractivity contribution in [3.05, 3.63) is 0 Å². The molecular formula is C15H35O4P. The van der Waals surface area contributed by atoms with Crippen molar-refractivity contribution in [3.8, 4) is 0 Å². The molecule has 0 amide bonds. The first-order valence-corrected chi connectivity index (χ1v) is 9.36. The summed E-state index contributed by atoms with van der Waals surface area (Å²) in [5, 5.41) is 0. The van der Waals surface area contributed by atoms with E-state index in [1.165, 1.54) is 6.42 Å². The fourth-order valence-electron chi connectivity index (χ4n) is 1.38. The van der Waals surface area contributed by atoms with E-state index < -0.39 is 7.82 Å². The average molecular weight is 310 g/mol. The molecule has 5 heteroatoms. The molecule has 0 fully saturated rings. The Labute approximate surface area is 125 Å². The van der Waals surface area contributed by atoms with Gasteiger partial charge in [-0.1, -0.05) is 48.0 Å². The van der Waals surface area contributed by atoms with Crippen LogP contribution in [-0.4, -0.2) is 18.1 Å². The van der Waals surface area contributed by atoms with Gasteiger partial charge in [0, 0.05) is 0 Å². The summed E-state index contributed by atoms with van der Waals surface area (Å²) < 4.78 is 21.2. The molecule has 124 valence electrons. The molecule has 0 unspecified atom stereocenters. The molecular weight excluding hydrogens is 275 g/mol. The maximum absolute atomic E-state index is 11.4. The van der Waals surface area contributed by atoms with Gasteiger partial charge in [-0.15, -0.1) is 0 Å². The van der Waals surface area contributed by atoms with E-state index in [-0.39, 0.29) is 13.2 Å². The van der Waals surface area contributed by atoms with Crippen molar-refractivity contribution in [1.82, 2.24) is 0 Å². The summed E-state index contributed by atoms with van der Waals surface area (Å²) in [4.78, 5) is 9.36. The van der Waals surface area contributed by atoms with E-state index >= 15 is 0 Å². The maximum Gasteiger partial charge on any atom is 0.472 e. The Bertz CT molecular complexity index is 222. The lowest BCUT2D eigenvalue weighted by atomic mass is 10.1. The zero-order chi connectivity index (χ0) is 16.0. The second-order valence-electron chi connectivity index (χ2n) is 5.91. The van der Waals surface area contributed by atoms with Crippen LogP contribution in [0.15, 0.2) is 0 Å². The van der Waals surface area contributed by atoms with Gasteiger partial charge in [0.1, 0.15) is 0 Å². The Hall–Kier alpha value is 0.110. The number of hydrogen-bond acceptors (Lipinski definition) is 3. The molecule has 0 aromatic carbocycles. The van der Waals surface area contributed by atoms with Crippen LogP contribution in [0.3, 0.4) is 0 Å². The summed E-state index contributed by atoms with van der Waals surface area (Å²) in [5.74, 6) is 1.17. The molecule has 0 aromatic rings. The molecule has 0 aliphatic rings. The molecule has 0 rings (SSSR count). The third-order valence-corrected chi connectivity index (χ3v) is 3.38. The predicted octanol–water partition coefficient (Wildman–Crippen LogP) is 5.41. The smallest absolute Gasteiger partial charge is 0.302 e. The molecule has 1 N–H and O–H groups in total. The predicted molar refractivity (Wildman–Crippen MR) is 85.8 cm³/mol. The largest absolute Gasteiger partial charge is 0.472 e. The molecule has 0 aliphatic heterocycles. The minimum atomic E-state index is -3.81. The Morgan fingerprint density at radius 2 is 1.20 bits per heavy atom. The van der Waals surface area contributed by atoms with Crippen LogP contribution in [0.2, 0.25) is 0 Å². The van der Waals surface area contributed by atoms with E-state index in [0.29, 0.717) is 11.8 Å². The van der Waals surface area contributed by atoms with Crippen molar-refractivity contribution >= 4 is 7.82 Å². The van der Waals surface area contributed by atoms with E-state index in [1.807, 2.05) is 0 Å². The first-order chi connectivity index (χ1) is 9.25. The minimum absolute atomic E-state index is 0.288. The fraction of sp³-hybridized carbons (Fsp3) is 1.00. The lowest BCUT2D eigenvalue weighted by Gasteiger charge is -2.13. The molecule has 0 atom stereocenters. The quantitative estimate of drug-likeness (QED) is 0.433. The second kappa shape index (κ2) is 14.1. The third-order valence-electron chi connectivity index (χ3n) is 2.36. The van der Waals surface area contributed by atoms with E-state index in [0.717, 1.165) is 25.7 Å². The lowest BCUT2D eigenvalue weighted by molar-refractivity contribution is 0.143. The van der Waals surface area contributed by atoms with E-state index in [4.69, 9.17) is 9.05 Å². The highest BCUT2D eigenvalue weighted by atomic mass is 31.2. The summed E-state index contributed by atoms with van der Waals surface area (Å²) in [7, 11) is -3.81. The molecule has 0 saturated heterocycles. The molecule has 0 saturated carbocycles. The number of phosphoric ester groups is 1. The molecule has 4 nitrogen and oxygen atoms in total. The van der Waals surface area contributed by atoms with Crippen molar-refractivity contribution in [2.45, 2.75) is 73.6 Å². The molecule has 0 bridgehead atoms. The van der Waals surface area contributed by atoms with Crippen LogP contribution in [0.25, 0.3) is 0 Å². The Morgan fingerprint density at radius 1 is 0.900 bits per heavy atom. The van der Waals surface area contributed by atoms with Crippen LogP contribution in [-0.2, 0) is 13.6 Å². The van der Waals surface area contributed by atoms with Crippen molar-refractivity contribution in [2.75, 3.05) is 13.2 Å². The number of phosphoric acid groups is 1. The van der Waals surface area contributed by atoms with E-state index in [2.05, 4.69) is 41.5 Å². The molecule has 0 aromatic heterocycles. The SMILES string of the molecule is CC(C)CCCOP(=O)(O)OCCCC(C)C.CCC. The summed E-state index contributed by atoms with van der Waals surface area (Å²) in [6, 6.07) is 0. The van der Waals surface area contributed by atoms with Crippen LogP contribution in [0, 0.1) is 11.8 Å². The van der Waals surface area contributed by atoms with Gasteiger partial charge in [0.2, 0.25) is 0 Å².